The number of pyridine rings is 1. The van der Waals surface area contributed by atoms with Gasteiger partial charge in [0.2, 0.25) is 0 Å². The lowest BCUT2D eigenvalue weighted by Crippen LogP contribution is -2.17. The highest BCUT2D eigenvalue weighted by Gasteiger charge is 2.04. The molecule has 1 amide bonds. The first-order valence-corrected chi connectivity index (χ1v) is 4.65. The molecule has 0 saturated heterocycles. The summed E-state index contributed by atoms with van der Waals surface area (Å²) in [4.78, 5) is 15.6. The molecule has 1 heterocycles. The Morgan fingerprint density at radius 3 is 2.87 bits per heavy atom. The lowest BCUT2D eigenvalue weighted by molar-refractivity contribution is 0.0963. The maximum Gasteiger partial charge on any atom is 0.251 e. The van der Waals surface area contributed by atoms with Gasteiger partial charge in [-0.3, -0.25) is 9.78 Å². The molecule has 1 aromatic carbocycles. The second-order valence-electron chi connectivity index (χ2n) is 3.29. The van der Waals surface area contributed by atoms with Crippen LogP contribution in [0.2, 0.25) is 0 Å². The van der Waals surface area contributed by atoms with E-state index in [2.05, 4.69) is 17.2 Å². The van der Waals surface area contributed by atoms with Crippen molar-refractivity contribution in [2.24, 2.45) is 0 Å². The summed E-state index contributed by atoms with van der Waals surface area (Å²) in [6.45, 7) is 3.75. The van der Waals surface area contributed by atoms with Gasteiger partial charge in [-0.25, -0.2) is 0 Å². The van der Waals surface area contributed by atoms with E-state index in [4.69, 9.17) is 0 Å². The maximum atomic E-state index is 11.4. The molecule has 3 nitrogen and oxygen atoms in total. The van der Waals surface area contributed by atoms with Gasteiger partial charge in [0.15, 0.2) is 0 Å². The molecule has 2 aromatic rings. The molecule has 0 atom stereocenters. The Balaban J connectivity index is 2.57. The normalized spacial score (nSPS) is 10.3. The number of amides is 1. The van der Waals surface area contributed by atoms with E-state index in [1.54, 1.807) is 13.1 Å². The smallest absolute Gasteiger partial charge is 0.251 e. The van der Waals surface area contributed by atoms with E-state index in [9.17, 15) is 4.79 Å². The van der Waals surface area contributed by atoms with Crippen molar-refractivity contribution >= 4 is 16.8 Å². The fourth-order valence-electron chi connectivity index (χ4n) is 1.45. The van der Waals surface area contributed by atoms with Crippen LogP contribution in [0.15, 0.2) is 30.3 Å². The van der Waals surface area contributed by atoms with E-state index in [1.807, 2.05) is 24.3 Å². The van der Waals surface area contributed by atoms with E-state index in [1.165, 1.54) is 0 Å². The van der Waals surface area contributed by atoms with Crippen molar-refractivity contribution in [1.82, 2.24) is 10.3 Å². The van der Waals surface area contributed by atoms with Gasteiger partial charge in [-0.15, -0.1) is 0 Å². The number of aromatic nitrogens is 1. The number of rotatable bonds is 1. The molecule has 0 saturated carbocycles. The predicted octanol–water partition coefficient (Wildman–Crippen LogP) is 1.78. The van der Waals surface area contributed by atoms with Crippen molar-refractivity contribution in [2.75, 3.05) is 7.05 Å². The molecule has 0 aliphatic carbocycles. The Morgan fingerprint density at radius 2 is 2.13 bits per heavy atom. The van der Waals surface area contributed by atoms with Crippen molar-refractivity contribution in [2.45, 2.75) is 0 Å². The van der Waals surface area contributed by atoms with Crippen molar-refractivity contribution in [3.63, 3.8) is 0 Å². The van der Waals surface area contributed by atoms with Crippen LogP contribution < -0.4 is 5.32 Å². The lowest BCUT2D eigenvalue weighted by atomic mass is 10.1. The van der Waals surface area contributed by atoms with Gasteiger partial charge in [0.1, 0.15) is 0 Å². The fraction of sp³-hybridized carbons (Fsp3) is 0.0833. The fourth-order valence-corrected chi connectivity index (χ4v) is 1.45. The Hall–Kier alpha value is -1.90. The topological polar surface area (TPSA) is 42.0 Å². The van der Waals surface area contributed by atoms with Crippen molar-refractivity contribution in [3.05, 3.63) is 48.5 Å². The van der Waals surface area contributed by atoms with Gasteiger partial charge in [0, 0.05) is 23.7 Å². The number of benzene rings is 1. The first kappa shape index (κ1) is 9.65. The zero-order valence-electron chi connectivity index (χ0n) is 8.45. The zero-order chi connectivity index (χ0) is 10.8. The van der Waals surface area contributed by atoms with Crippen molar-refractivity contribution in [1.29, 1.82) is 0 Å². The summed E-state index contributed by atoms with van der Waals surface area (Å²) in [5.74, 6) is -0.0874. The molecule has 0 spiro atoms. The molecule has 0 aliphatic rings. The summed E-state index contributed by atoms with van der Waals surface area (Å²) in [7, 11) is 1.61. The number of nitrogens with zero attached hydrogens (tertiary/aromatic N) is 1. The van der Waals surface area contributed by atoms with Gasteiger partial charge in [-0.2, -0.15) is 0 Å². The summed E-state index contributed by atoms with van der Waals surface area (Å²) >= 11 is 0. The van der Waals surface area contributed by atoms with Gasteiger partial charge in [0.25, 0.3) is 5.91 Å². The summed E-state index contributed by atoms with van der Waals surface area (Å²) in [6.07, 6.45) is 0. The van der Waals surface area contributed by atoms with Gasteiger partial charge in [-0.05, 0) is 31.2 Å². The predicted molar refractivity (Wildman–Crippen MR) is 59.6 cm³/mol. The van der Waals surface area contributed by atoms with Crippen LogP contribution in [0.3, 0.4) is 0 Å². The summed E-state index contributed by atoms with van der Waals surface area (Å²) in [5.41, 5.74) is 2.23. The van der Waals surface area contributed by atoms with Crippen LogP contribution in [0.1, 0.15) is 16.1 Å². The zero-order valence-corrected chi connectivity index (χ0v) is 8.45. The number of carbonyl (C=O) groups excluding carboxylic acids is 1. The molecule has 1 N–H and O–H groups in total. The number of hydrogen-bond donors (Lipinski definition) is 1. The van der Waals surface area contributed by atoms with Crippen LogP contribution in [0, 0.1) is 6.92 Å². The van der Waals surface area contributed by atoms with Crippen molar-refractivity contribution in [3.8, 4) is 0 Å². The van der Waals surface area contributed by atoms with Crippen LogP contribution in [0.5, 0.6) is 0 Å². The molecule has 0 aliphatic heterocycles. The minimum Gasteiger partial charge on any atom is -0.355 e. The summed E-state index contributed by atoms with van der Waals surface area (Å²) < 4.78 is 0. The Morgan fingerprint density at radius 1 is 1.33 bits per heavy atom. The average Bonchev–Trinajstić information content (AvgIpc) is 2.27. The van der Waals surface area contributed by atoms with Crippen LogP contribution in [-0.2, 0) is 0 Å². The molecule has 0 fully saturated rings. The Kier molecular flexibility index (Phi) is 2.37. The van der Waals surface area contributed by atoms with Crippen LogP contribution in [0.4, 0.5) is 0 Å². The summed E-state index contributed by atoms with van der Waals surface area (Å²) in [5, 5.41) is 3.53. The highest BCUT2D eigenvalue weighted by molar-refractivity contribution is 5.97. The van der Waals surface area contributed by atoms with E-state index in [0.29, 0.717) is 5.56 Å². The Bertz CT molecular complexity index is 520. The molecule has 0 bridgehead atoms. The van der Waals surface area contributed by atoms with E-state index in [-0.39, 0.29) is 5.91 Å². The van der Waals surface area contributed by atoms with E-state index in [0.717, 1.165) is 16.6 Å². The minimum absolute atomic E-state index is 0.0874. The number of fused-ring (bicyclic) bond motifs is 1. The molecule has 1 aromatic heterocycles. The molecular weight excluding hydrogens is 188 g/mol. The lowest BCUT2D eigenvalue weighted by Gasteiger charge is -2.02. The monoisotopic (exact) mass is 199 g/mol. The van der Waals surface area contributed by atoms with Crippen LogP contribution >= 0.6 is 0 Å². The van der Waals surface area contributed by atoms with Crippen LogP contribution in [-0.4, -0.2) is 17.9 Å². The number of carbonyl (C=O) groups is 1. The summed E-state index contributed by atoms with van der Waals surface area (Å²) in [6, 6.07) is 9.15. The average molecular weight is 199 g/mol. The molecule has 0 unspecified atom stereocenters. The highest BCUT2D eigenvalue weighted by atomic mass is 16.1. The third-order valence-electron chi connectivity index (χ3n) is 2.24. The molecule has 75 valence electrons. The molecule has 2 rings (SSSR count). The third kappa shape index (κ3) is 1.81. The minimum atomic E-state index is -0.0874. The maximum absolute atomic E-state index is 11.4. The standard InChI is InChI=1S/C12H11N2O/c1-8-3-4-9-7-10(12(15)13-2)5-6-11(9)14-8/h3-7H,1H2,2H3,(H,13,15). The molecular formula is C12H11N2O. The van der Waals surface area contributed by atoms with Gasteiger partial charge in [0.05, 0.1) is 5.52 Å². The Labute approximate surface area is 88.1 Å². The molecule has 1 radical (unpaired) electrons. The van der Waals surface area contributed by atoms with Crippen molar-refractivity contribution < 1.29 is 4.79 Å². The second kappa shape index (κ2) is 3.69. The quantitative estimate of drug-likeness (QED) is 0.760. The number of nitrogens with one attached hydrogen (secondary N) is 1. The molecule has 15 heavy (non-hydrogen) atoms. The second-order valence-corrected chi connectivity index (χ2v) is 3.29. The SMILES string of the molecule is [CH2]c1ccc2cc(C(=O)NC)ccc2n1. The first-order valence-electron chi connectivity index (χ1n) is 4.65. The number of hydrogen-bond acceptors (Lipinski definition) is 2. The highest BCUT2D eigenvalue weighted by Crippen LogP contribution is 2.14. The van der Waals surface area contributed by atoms with E-state index < -0.39 is 0 Å². The van der Waals surface area contributed by atoms with Gasteiger partial charge < -0.3 is 5.32 Å². The van der Waals surface area contributed by atoms with Gasteiger partial charge >= 0.3 is 0 Å². The third-order valence-corrected chi connectivity index (χ3v) is 2.24. The van der Waals surface area contributed by atoms with Crippen LogP contribution in [0.25, 0.3) is 10.9 Å². The van der Waals surface area contributed by atoms with Gasteiger partial charge in [-0.1, -0.05) is 6.07 Å². The largest absolute Gasteiger partial charge is 0.355 e. The first-order chi connectivity index (χ1) is 7.20. The van der Waals surface area contributed by atoms with E-state index >= 15 is 0 Å². The molecule has 3 heteroatoms.